The van der Waals surface area contributed by atoms with Gasteiger partial charge in [0.2, 0.25) is 0 Å². The maximum absolute atomic E-state index is 13.1. The molecule has 0 saturated carbocycles. The van der Waals surface area contributed by atoms with Crippen molar-refractivity contribution < 1.29 is 18.3 Å². The molecule has 156 valence electrons. The minimum absolute atomic E-state index is 0.0404. The lowest BCUT2D eigenvalue weighted by Crippen LogP contribution is -2.12. The fourth-order valence-corrected chi connectivity index (χ4v) is 3.26. The lowest BCUT2D eigenvalue weighted by molar-refractivity contribution is -0.0497. The Morgan fingerprint density at radius 1 is 1.00 bits per heavy atom. The van der Waals surface area contributed by atoms with E-state index in [0.29, 0.717) is 16.9 Å². The molecule has 0 aliphatic carbocycles. The first-order chi connectivity index (χ1) is 15.0. The number of ether oxygens (including phenoxy) is 1. The second-order valence-corrected chi connectivity index (χ2v) is 6.92. The van der Waals surface area contributed by atoms with Crippen LogP contribution in [0.5, 0.6) is 5.75 Å². The third-order valence-corrected chi connectivity index (χ3v) is 4.73. The van der Waals surface area contributed by atoms with E-state index in [1.807, 2.05) is 60.7 Å². The molecule has 0 bridgehead atoms. The maximum Gasteiger partial charge on any atom is 0.387 e. The summed E-state index contributed by atoms with van der Waals surface area (Å²) in [6.45, 7) is -2.99. The molecule has 3 aromatic carbocycles. The van der Waals surface area contributed by atoms with Crippen molar-refractivity contribution in [3.05, 3.63) is 95.6 Å². The molecule has 0 unspecified atom stereocenters. The van der Waals surface area contributed by atoms with Crippen LogP contribution in [0.4, 0.5) is 14.5 Å². The summed E-state index contributed by atoms with van der Waals surface area (Å²) in [5.74, 6) is -0.587. The van der Waals surface area contributed by atoms with Gasteiger partial charge < -0.3 is 10.1 Å². The second-order valence-electron chi connectivity index (χ2n) is 6.52. The summed E-state index contributed by atoms with van der Waals surface area (Å²) in [6, 6.07) is 22.8. The summed E-state index contributed by atoms with van der Waals surface area (Å²) in [4.78, 5) is 13.1. The first kappa shape index (κ1) is 20.6. The number of para-hydroxylation sites is 1. The number of nitrogens with zero attached hydrogens (tertiary/aromatic N) is 2. The summed E-state index contributed by atoms with van der Waals surface area (Å²) in [6.07, 6.45) is 1.64. The molecule has 1 N–H and O–H groups in total. The smallest absolute Gasteiger partial charge is 0.387 e. The van der Waals surface area contributed by atoms with Gasteiger partial charge >= 0.3 is 6.61 Å². The van der Waals surface area contributed by atoms with Crippen LogP contribution in [0.15, 0.2) is 85.1 Å². The minimum Gasteiger partial charge on any atom is -0.433 e. The third kappa shape index (κ3) is 4.73. The maximum atomic E-state index is 13.1. The van der Waals surface area contributed by atoms with Gasteiger partial charge in [0.1, 0.15) is 11.4 Å². The quantitative estimate of drug-likeness (QED) is 0.398. The molecule has 0 spiro atoms. The van der Waals surface area contributed by atoms with Crippen molar-refractivity contribution >= 4 is 23.2 Å². The molecule has 4 aromatic rings. The number of carbonyl (C=O) groups is 1. The van der Waals surface area contributed by atoms with E-state index in [1.54, 1.807) is 10.9 Å². The van der Waals surface area contributed by atoms with Gasteiger partial charge in [-0.25, -0.2) is 4.68 Å². The number of amides is 1. The van der Waals surface area contributed by atoms with Gasteiger partial charge in [-0.3, -0.25) is 4.79 Å². The Balaban J connectivity index is 1.67. The van der Waals surface area contributed by atoms with Gasteiger partial charge in [0.15, 0.2) is 0 Å². The predicted molar refractivity (Wildman–Crippen MR) is 115 cm³/mol. The molecule has 8 heteroatoms. The van der Waals surface area contributed by atoms with Crippen LogP contribution >= 0.6 is 11.6 Å². The zero-order valence-electron chi connectivity index (χ0n) is 16.0. The van der Waals surface area contributed by atoms with Crippen molar-refractivity contribution in [3.8, 4) is 22.7 Å². The highest BCUT2D eigenvalue weighted by atomic mass is 35.5. The number of aromatic nitrogens is 2. The normalized spacial score (nSPS) is 10.8. The van der Waals surface area contributed by atoms with E-state index in [2.05, 4.69) is 15.2 Å². The van der Waals surface area contributed by atoms with E-state index in [9.17, 15) is 13.6 Å². The summed E-state index contributed by atoms with van der Waals surface area (Å²) in [5.41, 5.74) is 2.77. The molecule has 0 saturated heterocycles. The zero-order chi connectivity index (χ0) is 21.8. The molecule has 0 radical (unpaired) electrons. The Kier molecular flexibility index (Phi) is 5.95. The fourth-order valence-electron chi connectivity index (χ4n) is 3.03. The standard InChI is InChI=1S/C23H16ClF2N3O2/c24-19-13-16(11-12-20(19)31-23(25)26)27-22(30)18-14-29(17-9-5-2-6-10-17)28-21(18)15-7-3-1-4-8-15/h1-14,23H,(H,27,30). The molecule has 0 fully saturated rings. The van der Waals surface area contributed by atoms with Gasteiger partial charge in [-0.05, 0) is 30.3 Å². The zero-order valence-corrected chi connectivity index (χ0v) is 16.8. The van der Waals surface area contributed by atoms with Gasteiger partial charge in [-0.2, -0.15) is 13.9 Å². The molecule has 0 atom stereocenters. The van der Waals surface area contributed by atoms with Crippen molar-refractivity contribution in [2.45, 2.75) is 6.61 Å². The predicted octanol–water partition coefficient (Wildman–Crippen LogP) is 6.05. The molecule has 31 heavy (non-hydrogen) atoms. The van der Waals surface area contributed by atoms with E-state index in [0.717, 1.165) is 11.3 Å². The number of halogens is 3. The average molecular weight is 440 g/mol. The van der Waals surface area contributed by atoms with Gasteiger partial charge in [-0.15, -0.1) is 0 Å². The van der Waals surface area contributed by atoms with Crippen molar-refractivity contribution in [1.29, 1.82) is 0 Å². The lowest BCUT2D eigenvalue weighted by Gasteiger charge is -2.09. The first-order valence-corrected chi connectivity index (χ1v) is 9.65. The summed E-state index contributed by atoms with van der Waals surface area (Å²) in [7, 11) is 0. The molecule has 0 aliphatic rings. The first-order valence-electron chi connectivity index (χ1n) is 9.27. The van der Waals surface area contributed by atoms with Crippen molar-refractivity contribution in [2.75, 3.05) is 5.32 Å². The molecule has 0 aliphatic heterocycles. The van der Waals surface area contributed by atoms with Crippen LogP contribution in [-0.2, 0) is 0 Å². The second kappa shape index (κ2) is 8.97. The Labute approximate surface area is 181 Å². The molecule has 1 heterocycles. The lowest BCUT2D eigenvalue weighted by atomic mass is 10.1. The minimum atomic E-state index is -2.99. The van der Waals surface area contributed by atoms with E-state index < -0.39 is 12.5 Å². The van der Waals surface area contributed by atoms with E-state index >= 15 is 0 Å². The number of alkyl halides is 2. The highest BCUT2D eigenvalue weighted by molar-refractivity contribution is 6.32. The van der Waals surface area contributed by atoms with E-state index in [-0.39, 0.29) is 10.8 Å². The molecular formula is C23H16ClF2N3O2. The van der Waals surface area contributed by atoms with Crippen molar-refractivity contribution in [2.24, 2.45) is 0 Å². The number of hydrogen-bond donors (Lipinski definition) is 1. The van der Waals surface area contributed by atoms with Gasteiger partial charge in [0, 0.05) is 17.4 Å². The van der Waals surface area contributed by atoms with Crippen LogP contribution < -0.4 is 10.1 Å². The van der Waals surface area contributed by atoms with Gasteiger partial charge in [-0.1, -0.05) is 60.1 Å². The Morgan fingerprint density at radius 3 is 2.32 bits per heavy atom. The van der Waals surface area contributed by atoms with Crippen molar-refractivity contribution in [3.63, 3.8) is 0 Å². The van der Waals surface area contributed by atoms with Crippen LogP contribution in [0.1, 0.15) is 10.4 Å². The van der Waals surface area contributed by atoms with Gasteiger partial charge in [0.25, 0.3) is 5.91 Å². The van der Waals surface area contributed by atoms with Crippen LogP contribution in [0.2, 0.25) is 5.02 Å². The molecule has 1 amide bonds. The summed E-state index contributed by atoms with van der Waals surface area (Å²) in [5, 5.41) is 7.30. The number of anilines is 1. The van der Waals surface area contributed by atoms with Crippen LogP contribution in [-0.4, -0.2) is 22.3 Å². The monoisotopic (exact) mass is 439 g/mol. The van der Waals surface area contributed by atoms with Gasteiger partial charge in [0.05, 0.1) is 16.3 Å². The number of nitrogens with one attached hydrogen (secondary N) is 1. The number of rotatable bonds is 6. The molecule has 5 nitrogen and oxygen atoms in total. The summed E-state index contributed by atoms with van der Waals surface area (Å²) >= 11 is 5.99. The number of benzene rings is 3. The fraction of sp³-hybridized carbons (Fsp3) is 0.0435. The molecule has 4 rings (SSSR count). The molecular weight excluding hydrogens is 424 g/mol. The van der Waals surface area contributed by atoms with E-state index in [1.165, 1.54) is 18.2 Å². The van der Waals surface area contributed by atoms with E-state index in [4.69, 9.17) is 11.6 Å². The average Bonchev–Trinajstić information content (AvgIpc) is 3.22. The SMILES string of the molecule is O=C(Nc1ccc(OC(F)F)c(Cl)c1)c1cn(-c2ccccc2)nc1-c1ccccc1. The topological polar surface area (TPSA) is 56.1 Å². The largest absolute Gasteiger partial charge is 0.433 e. The van der Waals surface area contributed by atoms with Crippen LogP contribution in [0, 0.1) is 0 Å². The Hall–Kier alpha value is -3.71. The Morgan fingerprint density at radius 2 is 1.68 bits per heavy atom. The highest BCUT2D eigenvalue weighted by Crippen LogP contribution is 2.30. The summed E-state index contributed by atoms with van der Waals surface area (Å²) < 4.78 is 30.8. The van der Waals surface area contributed by atoms with Crippen LogP contribution in [0.25, 0.3) is 16.9 Å². The van der Waals surface area contributed by atoms with Crippen LogP contribution in [0.3, 0.4) is 0 Å². The van der Waals surface area contributed by atoms with Crippen molar-refractivity contribution in [1.82, 2.24) is 9.78 Å². The number of carbonyl (C=O) groups excluding carboxylic acids is 1. The third-order valence-electron chi connectivity index (χ3n) is 4.43. The number of hydrogen-bond acceptors (Lipinski definition) is 3. The highest BCUT2D eigenvalue weighted by Gasteiger charge is 2.19. The Bertz CT molecular complexity index is 1200. The molecule has 1 aromatic heterocycles.